The van der Waals surface area contributed by atoms with E-state index in [-0.39, 0.29) is 11.6 Å². The number of hydrogen-bond acceptors (Lipinski definition) is 5. The Morgan fingerprint density at radius 3 is 2.23 bits per heavy atom. The number of imidazole rings is 1. The number of hydrogen-bond donors (Lipinski definition) is 2. The molecule has 35 heavy (non-hydrogen) atoms. The minimum atomic E-state index is -0.591. The zero-order valence-corrected chi connectivity index (χ0v) is 18.5. The first-order chi connectivity index (χ1) is 17.1. The van der Waals surface area contributed by atoms with Crippen molar-refractivity contribution in [2.24, 2.45) is 5.73 Å². The third-order valence-corrected chi connectivity index (χ3v) is 5.47. The minimum absolute atomic E-state index is 0.207. The number of nitrogens with one attached hydrogen (secondary N) is 1. The quantitative estimate of drug-likeness (QED) is 0.391. The molecule has 0 spiro atoms. The van der Waals surface area contributed by atoms with E-state index in [1.807, 2.05) is 59.2 Å². The molecule has 0 atom stereocenters. The number of primary amides is 1. The van der Waals surface area contributed by atoms with E-state index >= 15 is 0 Å². The summed E-state index contributed by atoms with van der Waals surface area (Å²) in [6.45, 7) is 0. The lowest BCUT2D eigenvalue weighted by atomic mass is 9.96. The van der Waals surface area contributed by atoms with Crippen LogP contribution < -0.4 is 11.1 Å². The number of benzene rings is 2. The highest BCUT2D eigenvalue weighted by molar-refractivity contribution is 6.03. The highest BCUT2D eigenvalue weighted by atomic mass is 16.2. The van der Waals surface area contributed by atoms with Crippen LogP contribution in [0.5, 0.6) is 0 Å². The molecule has 5 rings (SSSR count). The van der Waals surface area contributed by atoms with Crippen LogP contribution in [0.3, 0.4) is 0 Å². The Kier molecular flexibility index (Phi) is 5.83. The standard InChI is InChI=1S/C27H20N6O2/c28-26(34)25-22(8-5-15-31-25)20-6-1-2-7-21(20)24-16-29-17-33(24)19-12-10-18(11-13-19)32-27(35)23-9-3-4-14-30-23/h1-17H,(H2,28,34)(H,32,35). The topological polar surface area (TPSA) is 116 Å². The van der Waals surface area contributed by atoms with E-state index in [1.54, 1.807) is 49.2 Å². The van der Waals surface area contributed by atoms with Crippen molar-refractivity contribution in [3.8, 4) is 28.1 Å². The number of nitrogens with two attached hydrogens (primary N) is 1. The Morgan fingerprint density at radius 1 is 0.771 bits per heavy atom. The van der Waals surface area contributed by atoms with Gasteiger partial charge in [0, 0.05) is 34.9 Å². The van der Waals surface area contributed by atoms with Gasteiger partial charge in [0.25, 0.3) is 11.8 Å². The number of rotatable bonds is 6. The third kappa shape index (κ3) is 4.40. The van der Waals surface area contributed by atoms with Crippen molar-refractivity contribution in [3.63, 3.8) is 0 Å². The first-order valence-electron chi connectivity index (χ1n) is 10.8. The highest BCUT2D eigenvalue weighted by Crippen LogP contribution is 2.34. The molecule has 3 N–H and O–H groups in total. The van der Waals surface area contributed by atoms with E-state index in [2.05, 4.69) is 20.3 Å². The summed E-state index contributed by atoms with van der Waals surface area (Å²) in [7, 11) is 0. The average molecular weight is 460 g/mol. The van der Waals surface area contributed by atoms with Crippen LogP contribution in [-0.4, -0.2) is 31.3 Å². The third-order valence-electron chi connectivity index (χ3n) is 5.47. The maximum atomic E-state index is 12.4. The molecule has 0 aliphatic rings. The Labute approximate surface area is 201 Å². The van der Waals surface area contributed by atoms with Crippen LogP contribution in [0.2, 0.25) is 0 Å². The molecular formula is C27H20N6O2. The van der Waals surface area contributed by atoms with Gasteiger partial charge in [-0.3, -0.25) is 24.1 Å². The summed E-state index contributed by atoms with van der Waals surface area (Å²) in [5.74, 6) is -0.871. The van der Waals surface area contributed by atoms with Crippen LogP contribution in [0.25, 0.3) is 28.1 Å². The van der Waals surface area contributed by atoms with Gasteiger partial charge in [-0.15, -0.1) is 0 Å². The number of amides is 2. The Balaban J connectivity index is 1.48. The van der Waals surface area contributed by atoms with Crippen molar-refractivity contribution in [2.45, 2.75) is 0 Å². The average Bonchev–Trinajstić information content (AvgIpc) is 3.39. The maximum Gasteiger partial charge on any atom is 0.274 e. The van der Waals surface area contributed by atoms with Gasteiger partial charge in [0.1, 0.15) is 11.4 Å². The van der Waals surface area contributed by atoms with Crippen molar-refractivity contribution in [2.75, 3.05) is 5.32 Å². The van der Waals surface area contributed by atoms with E-state index in [0.29, 0.717) is 16.9 Å². The van der Waals surface area contributed by atoms with E-state index in [0.717, 1.165) is 22.5 Å². The number of pyridine rings is 2. The molecule has 0 aliphatic heterocycles. The molecular weight excluding hydrogens is 440 g/mol. The second kappa shape index (κ2) is 9.40. The van der Waals surface area contributed by atoms with Gasteiger partial charge >= 0.3 is 0 Å². The summed E-state index contributed by atoms with van der Waals surface area (Å²) in [5.41, 5.74) is 10.8. The summed E-state index contributed by atoms with van der Waals surface area (Å²) in [5, 5.41) is 2.85. The molecule has 8 heteroatoms. The first-order valence-corrected chi connectivity index (χ1v) is 10.8. The lowest BCUT2D eigenvalue weighted by molar-refractivity contribution is 0.0993. The molecule has 8 nitrogen and oxygen atoms in total. The van der Waals surface area contributed by atoms with Crippen molar-refractivity contribution in [1.82, 2.24) is 19.5 Å². The van der Waals surface area contributed by atoms with Crippen molar-refractivity contribution in [3.05, 3.63) is 115 Å². The van der Waals surface area contributed by atoms with E-state index < -0.39 is 5.91 Å². The molecule has 0 fully saturated rings. The van der Waals surface area contributed by atoms with Crippen LogP contribution in [-0.2, 0) is 0 Å². The normalized spacial score (nSPS) is 10.6. The van der Waals surface area contributed by atoms with Crippen LogP contribution in [0.15, 0.2) is 104 Å². The maximum absolute atomic E-state index is 12.4. The zero-order valence-electron chi connectivity index (χ0n) is 18.5. The van der Waals surface area contributed by atoms with E-state index in [4.69, 9.17) is 5.73 Å². The van der Waals surface area contributed by atoms with Crippen molar-refractivity contribution < 1.29 is 9.59 Å². The van der Waals surface area contributed by atoms with E-state index in [9.17, 15) is 9.59 Å². The summed E-state index contributed by atoms with van der Waals surface area (Å²) < 4.78 is 1.93. The smallest absolute Gasteiger partial charge is 0.274 e. The second-order valence-corrected chi connectivity index (χ2v) is 7.67. The van der Waals surface area contributed by atoms with E-state index in [1.165, 1.54) is 0 Å². The SMILES string of the molecule is NC(=O)c1ncccc1-c1ccccc1-c1cncn1-c1ccc(NC(=O)c2ccccn2)cc1. The van der Waals surface area contributed by atoms with Gasteiger partial charge in [-0.25, -0.2) is 4.98 Å². The lowest BCUT2D eigenvalue weighted by Gasteiger charge is -2.14. The largest absolute Gasteiger partial charge is 0.364 e. The fraction of sp³-hybridized carbons (Fsp3) is 0. The predicted octanol–water partition coefficient (Wildman–Crippen LogP) is 4.35. The van der Waals surface area contributed by atoms with Crippen molar-refractivity contribution in [1.29, 1.82) is 0 Å². The van der Waals surface area contributed by atoms with Gasteiger partial charge in [-0.1, -0.05) is 36.4 Å². The number of anilines is 1. The molecule has 2 amide bonds. The van der Waals surface area contributed by atoms with Crippen molar-refractivity contribution >= 4 is 17.5 Å². The van der Waals surface area contributed by atoms with Crippen LogP contribution in [0, 0.1) is 0 Å². The van der Waals surface area contributed by atoms with Gasteiger partial charge in [-0.05, 0) is 48.0 Å². The molecule has 0 radical (unpaired) electrons. The number of nitrogens with zero attached hydrogens (tertiary/aromatic N) is 4. The van der Waals surface area contributed by atoms with Gasteiger partial charge in [0.05, 0.1) is 18.2 Å². The molecule has 0 saturated carbocycles. The van der Waals surface area contributed by atoms with Gasteiger partial charge in [0.15, 0.2) is 0 Å². The molecule has 3 heterocycles. The molecule has 3 aromatic heterocycles. The number of carbonyl (C=O) groups excluding carboxylic acids is 2. The Bertz CT molecular complexity index is 1510. The van der Waals surface area contributed by atoms with Crippen LogP contribution in [0.1, 0.15) is 21.0 Å². The van der Waals surface area contributed by atoms with Gasteiger partial charge in [-0.2, -0.15) is 0 Å². The monoisotopic (exact) mass is 460 g/mol. The second-order valence-electron chi connectivity index (χ2n) is 7.67. The molecule has 0 saturated heterocycles. The van der Waals surface area contributed by atoms with Gasteiger partial charge < -0.3 is 11.1 Å². The molecule has 0 aliphatic carbocycles. The van der Waals surface area contributed by atoms with Crippen LogP contribution >= 0.6 is 0 Å². The fourth-order valence-corrected chi connectivity index (χ4v) is 3.86. The molecule has 2 aromatic carbocycles. The summed E-state index contributed by atoms with van der Waals surface area (Å²) in [6.07, 6.45) is 6.60. The predicted molar refractivity (Wildman–Crippen MR) is 133 cm³/mol. The minimum Gasteiger partial charge on any atom is -0.364 e. The van der Waals surface area contributed by atoms with Crippen LogP contribution in [0.4, 0.5) is 5.69 Å². The molecule has 0 bridgehead atoms. The summed E-state index contributed by atoms with van der Waals surface area (Å²) >= 11 is 0. The Morgan fingerprint density at radius 2 is 1.49 bits per heavy atom. The summed E-state index contributed by atoms with van der Waals surface area (Å²) in [4.78, 5) is 37.0. The first kappa shape index (κ1) is 21.7. The number of carbonyl (C=O) groups is 2. The highest BCUT2D eigenvalue weighted by Gasteiger charge is 2.17. The Hall–Kier alpha value is -5.11. The molecule has 0 unspecified atom stereocenters. The fourth-order valence-electron chi connectivity index (χ4n) is 3.86. The molecule has 5 aromatic rings. The summed E-state index contributed by atoms with van der Waals surface area (Å²) in [6, 6.07) is 23.9. The molecule has 170 valence electrons. The number of aromatic nitrogens is 4. The van der Waals surface area contributed by atoms with Gasteiger partial charge in [0.2, 0.25) is 0 Å². The zero-order chi connectivity index (χ0) is 24.2. The lowest BCUT2D eigenvalue weighted by Crippen LogP contribution is -2.14.